The number of benzene rings is 1. The Balaban J connectivity index is 1.81. The Labute approximate surface area is 112 Å². The van der Waals surface area contributed by atoms with Crippen molar-refractivity contribution in [2.75, 3.05) is 5.32 Å². The smallest absolute Gasteiger partial charge is 0.0907 e. The van der Waals surface area contributed by atoms with Crippen molar-refractivity contribution in [3.63, 3.8) is 0 Å². The molecule has 0 spiro atoms. The van der Waals surface area contributed by atoms with Gasteiger partial charge in [-0.25, -0.2) is 4.98 Å². The van der Waals surface area contributed by atoms with Gasteiger partial charge < -0.3 is 5.32 Å². The summed E-state index contributed by atoms with van der Waals surface area (Å²) in [6, 6.07) is 7.20. The molecule has 0 aliphatic heterocycles. The van der Waals surface area contributed by atoms with Crippen molar-refractivity contribution in [2.24, 2.45) is 5.92 Å². The van der Waals surface area contributed by atoms with Crippen molar-refractivity contribution >= 4 is 27.2 Å². The molecule has 0 radical (unpaired) electrons. The molecular formula is C15H20N2S. The number of nitrogens with zero attached hydrogens (tertiary/aromatic N) is 1. The van der Waals surface area contributed by atoms with Crippen LogP contribution in [0.1, 0.15) is 37.6 Å². The van der Waals surface area contributed by atoms with Gasteiger partial charge in [0.1, 0.15) is 0 Å². The van der Waals surface area contributed by atoms with Gasteiger partial charge >= 0.3 is 0 Å². The third kappa shape index (κ3) is 2.37. The zero-order valence-corrected chi connectivity index (χ0v) is 11.9. The molecule has 96 valence electrons. The molecule has 2 nitrogen and oxygen atoms in total. The standard InChI is InChI=1S/C15H20N2S/c1-10-5-3-4-6-13(10)17-12-7-8-14-15(9-12)18-11(2)16-14/h7-10,13,17H,3-6H2,1-2H3. The van der Waals surface area contributed by atoms with Gasteiger partial charge in [-0.05, 0) is 43.9 Å². The number of hydrogen-bond donors (Lipinski definition) is 1. The highest BCUT2D eigenvalue weighted by molar-refractivity contribution is 7.18. The average molecular weight is 260 g/mol. The number of rotatable bonds is 2. The highest BCUT2D eigenvalue weighted by Crippen LogP contribution is 2.29. The van der Waals surface area contributed by atoms with Gasteiger partial charge in [0.05, 0.1) is 15.2 Å². The van der Waals surface area contributed by atoms with Crippen LogP contribution in [-0.2, 0) is 0 Å². The van der Waals surface area contributed by atoms with E-state index in [0.29, 0.717) is 6.04 Å². The van der Waals surface area contributed by atoms with Gasteiger partial charge in [0.15, 0.2) is 0 Å². The minimum atomic E-state index is 0.644. The van der Waals surface area contributed by atoms with Gasteiger partial charge in [-0.15, -0.1) is 11.3 Å². The van der Waals surface area contributed by atoms with Crippen molar-refractivity contribution in [3.8, 4) is 0 Å². The third-order valence-electron chi connectivity index (χ3n) is 3.96. The van der Waals surface area contributed by atoms with Crippen LogP contribution in [0.3, 0.4) is 0 Å². The first-order chi connectivity index (χ1) is 8.72. The lowest BCUT2D eigenvalue weighted by atomic mass is 9.86. The molecule has 0 saturated heterocycles. The van der Waals surface area contributed by atoms with Crippen LogP contribution in [0, 0.1) is 12.8 Å². The molecule has 18 heavy (non-hydrogen) atoms. The summed E-state index contributed by atoms with van der Waals surface area (Å²) in [4.78, 5) is 4.51. The molecule has 1 heterocycles. The van der Waals surface area contributed by atoms with Crippen LogP contribution in [0.15, 0.2) is 18.2 Å². The second kappa shape index (κ2) is 4.88. The molecular weight excluding hydrogens is 240 g/mol. The lowest BCUT2D eigenvalue weighted by Gasteiger charge is -2.30. The SMILES string of the molecule is Cc1nc2ccc(NC3CCCCC3C)cc2s1. The molecule has 1 aliphatic rings. The number of aromatic nitrogens is 1. The molecule has 0 amide bonds. The van der Waals surface area contributed by atoms with Crippen LogP contribution >= 0.6 is 11.3 Å². The van der Waals surface area contributed by atoms with Crippen molar-refractivity contribution in [1.29, 1.82) is 0 Å². The molecule has 1 fully saturated rings. The van der Waals surface area contributed by atoms with Gasteiger partial charge in [0.2, 0.25) is 0 Å². The quantitative estimate of drug-likeness (QED) is 0.854. The van der Waals surface area contributed by atoms with Gasteiger partial charge in [-0.2, -0.15) is 0 Å². The molecule has 2 aromatic rings. The largest absolute Gasteiger partial charge is 0.382 e. The summed E-state index contributed by atoms with van der Waals surface area (Å²) < 4.78 is 1.29. The number of fused-ring (bicyclic) bond motifs is 1. The first-order valence-electron chi connectivity index (χ1n) is 6.86. The van der Waals surface area contributed by atoms with Crippen molar-refractivity contribution in [1.82, 2.24) is 4.98 Å². The molecule has 3 heteroatoms. The summed E-state index contributed by atoms with van der Waals surface area (Å²) in [7, 11) is 0. The van der Waals surface area contributed by atoms with Gasteiger partial charge in [0, 0.05) is 11.7 Å². The predicted molar refractivity (Wildman–Crippen MR) is 79.4 cm³/mol. The highest BCUT2D eigenvalue weighted by atomic mass is 32.1. The number of aryl methyl sites for hydroxylation is 1. The lowest BCUT2D eigenvalue weighted by Crippen LogP contribution is -2.30. The zero-order valence-electron chi connectivity index (χ0n) is 11.1. The Morgan fingerprint density at radius 2 is 2.11 bits per heavy atom. The fourth-order valence-electron chi connectivity index (χ4n) is 2.87. The van der Waals surface area contributed by atoms with Crippen LogP contribution in [-0.4, -0.2) is 11.0 Å². The van der Waals surface area contributed by atoms with E-state index in [1.165, 1.54) is 36.1 Å². The van der Waals surface area contributed by atoms with Gasteiger partial charge in [-0.1, -0.05) is 19.8 Å². The van der Waals surface area contributed by atoms with E-state index in [4.69, 9.17) is 0 Å². The zero-order chi connectivity index (χ0) is 12.5. The molecule has 1 aliphatic carbocycles. The summed E-state index contributed by atoms with van der Waals surface area (Å²) in [6.07, 6.45) is 5.43. The Morgan fingerprint density at radius 1 is 1.28 bits per heavy atom. The van der Waals surface area contributed by atoms with Crippen molar-refractivity contribution < 1.29 is 0 Å². The summed E-state index contributed by atoms with van der Waals surface area (Å²) in [5, 5.41) is 4.86. The van der Waals surface area contributed by atoms with Gasteiger partial charge in [0.25, 0.3) is 0 Å². The molecule has 1 saturated carbocycles. The maximum Gasteiger partial charge on any atom is 0.0907 e. The van der Waals surface area contributed by atoms with Crippen molar-refractivity contribution in [3.05, 3.63) is 23.2 Å². The van der Waals surface area contributed by atoms with E-state index in [-0.39, 0.29) is 0 Å². The minimum Gasteiger partial charge on any atom is -0.382 e. The van der Waals surface area contributed by atoms with E-state index in [9.17, 15) is 0 Å². The first kappa shape index (κ1) is 12.0. The van der Waals surface area contributed by atoms with E-state index < -0.39 is 0 Å². The summed E-state index contributed by atoms with van der Waals surface area (Å²) in [5.41, 5.74) is 2.38. The Kier molecular flexibility index (Phi) is 3.25. The Hall–Kier alpha value is -1.09. The predicted octanol–water partition coefficient (Wildman–Crippen LogP) is 4.60. The van der Waals surface area contributed by atoms with E-state index >= 15 is 0 Å². The molecule has 1 aromatic carbocycles. The number of anilines is 1. The van der Waals surface area contributed by atoms with Gasteiger partial charge in [-0.3, -0.25) is 0 Å². The number of nitrogens with one attached hydrogen (secondary N) is 1. The van der Waals surface area contributed by atoms with Crippen LogP contribution in [0.25, 0.3) is 10.2 Å². The number of thiazole rings is 1. The highest BCUT2D eigenvalue weighted by Gasteiger charge is 2.20. The normalized spacial score (nSPS) is 24.3. The fourth-order valence-corrected chi connectivity index (χ4v) is 3.74. The van der Waals surface area contributed by atoms with E-state index in [2.05, 4.69) is 42.3 Å². The molecule has 2 unspecified atom stereocenters. The maximum absolute atomic E-state index is 4.51. The van der Waals surface area contributed by atoms with E-state index in [0.717, 1.165) is 16.4 Å². The molecule has 3 rings (SSSR count). The summed E-state index contributed by atoms with van der Waals surface area (Å²) in [6.45, 7) is 4.44. The molecule has 1 N–H and O–H groups in total. The summed E-state index contributed by atoms with van der Waals surface area (Å²) in [5.74, 6) is 0.789. The Bertz CT molecular complexity index is 546. The topological polar surface area (TPSA) is 24.9 Å². The third-order valence-corrected chi connectivity index (χ3v) is 4.89. The van der Waals surface area contributed by atoms with Crippen LogP contribution in [0.5, 0.6) is 0 Å². The van der Waals surface area contributed by atoms with E-state index in [1.54, 1.807) is 11.3 Å². The monoisotopic (exact) mass is 260 g/mol. The molecule has 0 bridgehead atoms. The first-order valence-corrected chi connectivity index (χ1v) is 7.68. The second-order valence-corrected chi connectivity index (χ2v) is 6.66. The van der Waals surface area contributed by atoms with Crippen molar-refractivity contribution in [2.45, 2.75) is 45.6 Å². The number of hydrogen-bond acceptors (Lipinski definition) is 3. The molecule has 1 aromatic heterocycles. The lowest BCUT2D eigenvalue weighted by molar-refractivity contribution is 0.349. The fraction of sp³-hybridized carbons (Fsp3) is 0.533. The summed E-state index contributed by atoms with van der Waals surface area (Å²) >= 11 is 1.78. The maximum atomic E-state index is 4.51. The van der Waals surface area contributed by atoms with Crippen LogP contribution in [0.4, 0.5) is 5.69 Å². The van der Waals surface area contributed by atoms with E-state index in [1.807, 2.05) is 0 Å². The Morgan fingerprint density at radius 3 is 2.94 bits per heavy atom. The molecule has 2 atom stereocenters. The minimum absolute atomic E-state index is 0.644. The second-order valence-electron chi connectivity index (χ2n) is 5.43. The van der Waals surface area contributed by atoms with Crippen LogP contribution in [0.2, 0.25) is 0 Å². The van der Waals surface area contributed by atoms with Crippen LogP contribution < -0.4 is 5.32 Å². The average Bonchev–Trinajstić information content (AvgIpc) is 2.71.